The van der Waals surface area contributed by atoms with Crippen LogP contribution in [0.1, 0.15) is 38.2 Å². The Morgan fingerprint density at radius 1 is 1.23 bits per heavy atom. The Balaban J connectivity index is 2.22. The van der Waals surface area contributed by atoms with Gasteiger partial charge in [0.25, 0.3) is 0 Å². The molecule has 1 aliphatic heterocycles. The van der Waals surface area contributed by atoms with E-state index >= 15 is 0 Å². The standard InChI is InChI=1S/C18H26NO6P/c1-4-5-11-15-12-16(20)17(26(22,23-2)24-3)19(15)18(21)25-13-14-9-7-6-8-10-14/h6-10,15,17H,4-5,11-13H2,1-3H3/t15-,17+/m1/s1. The van der Waals surface area contributed by atoms with Gasteiger partial charge in [0.05, 0.1) is 0 Å². The summed E-state index contributed by atoms with van der Waals surface area (Å²) in [7, 11) is -1.36. The van der Waals surface area contributed by atoms with E-state index in [-0.39, 0.29) is 24.9 Å². The number of hydrogen-bond donors (Lipinski definition) is 0. The van der Waals surface area contributed by atoms with Crippen LogP contribution in [0.5, 0.6) is 0 Å². The highest BCUT2D eigenvalue weighted by Crippen LogP contribution is 2.56. The van der Waals surface area contributed by atoms with Gasteiger partial charge in [0.15, 0.2) is 11.6 Å². The quantitative estimate of drug-likeness (QED) is 0.632. The summed E-state index contributed by atoms with van der Waals surface area (Å²) in [5, 5.41) is 0. The second kappa shape index (κ2) is 9.31. The summed E-state index contributed by atoms with van der Waals surface area (Å²) in [6, 6.07) is 8.87. The summed E-state index contributed by atoms with van der Waals surface area (Å²) in [6.45, 7) is 2.10. The Bertz CT molecular complexity index is 657. The zero-order chi connectivity index (χ0) is 19.2. The van der Waals surface area contributed by atoms with Crippen molar-refractivity contribution in [3.8, 4) is 0 Å². The molecule has 1 aromatic rings. The molecule has 1 aliphatic rings. The molecule has 0 aromatic heterocycles. The Morgan fingerprint density at radius 3 is 2.46 bits per heavy atom. The number of benzene rings is 1. The van der Waals surface area contributed by atoms with Crippen LogP contribution in [0.3, 0.4) is 0 Å². The zero-order valence-electron chi connectivity index (χ0n) is 15.4. The maximum Gasteiger partial charge on any atom is 0.411 e. The Labute approximate surface area is 154 Å². The summed E-state index contributed by atoms with van der Waals surface area (Å²) in [6.07, 6.45) is 1.85. The molecule has 1 amide bonds. The van der Waals surface area contributed by atoms with Crippen LogP contribution in [0.25, 0.3) is 0 Å². The van der Waals surface area contributed by atoms with Gasteiger partial charge in [-0.05, 0) is 12.0 Å². The number of unbranched alkanes of at least 4 members (excludes halogenated alkanes) is 1. The number of nitrogens with zero attached hydrogens (tertiary/aromatic N) is 1. The molecule has 1 aromatic carbocycles. The number of ether oxygens (including phenoxy) is 1. The van der Waals surface area contributed by atoms with Gasteiger partial charge in [-0.1, -0.05) is 50.1 Å². The van der Waals surface area contributed by atoms with E-state index in [0.717, 1.165) is 18.4 Å². The highest BCUT2D eigenvalue weighted by Gasteiger charge is 2.54. The third-order valence-corrected chi connectivity index (χ3v) is 6.65. The predicted molar refractivity (Wildman–Crippen MR) is 96.8 cm³/mol. The van der Waals surface area contributed by atoms with Crippen LogP contribution >= 0.6 is 7.60 Å². The first-order valence-electron chi connectivity index (χ1n) is 8.69. The molecular weight excluding hydrogens is 357 g/mol. The van der Waals surface area contributed by atoms with Gasteiger partial charge in [-0.15, -0.1) is 0 Å². The first-order valence-corrected chi connectivity index (χ1v) is 10.3. The number of carbonyl (C=O) groups is 2. The zero-order valence-corrected chi connectivity index (χ0v) is 16.3. The summed E-state index contributed by atoms with van der Waals surface area (Å²) < 4.78 is 28.2. The molecule has 1 fully saturated rings. The van der Waals surface area contributed by atoms with Gasteiger partial charge < -0.3 is 13.8 Å². The molecule has 1 heterocycles. The molecule has 0 aliphatic carbocycles. The average Bonchev–Trinajstić information content (AvgIpc) is 3.01. The fraction of sp³-hybridized carbons (Fsp3) is 0.556. The lowest BCUT2D eigenvalue weighted by Gasteiger charge is -2.31. The van der Waals surface area contributed by atoms with E-state index in [2.05, 4.69) is 0 Å². The molecule has 0 radical (unpaired) electrons. The molecule has 0 spiro atoms. The first kappa shape index (κ1) is 20.6. The SMILES string of the molecule is CCCC[C@@H]1CC(=O)[C@H](P(=O)(OC)OC)N1C(=O)OCc1ccccc1. The monoisotopic (exact) mass is 383 g/mol. The second-order valence-corrected chi connectivity index (χ2v) is 8.49. The molecular formula is C18H26NO6P. The molecule has 144 valence electrons. The van der Waals surface area contributed by atoms with Crippen molar-refractivity contribution < 1.29 is 27.9 Å². The maximum absolute atomic E-state index is 12.9. The largest absolute Gasteiger partial charge is 0.445 e. The lowest BCUT2D eigenvalue weighted by atomic mass is 10.1. The van der Waals surface area contributed by atoms with E-state index in [4.69, 9.17) is 13.8 Å². The van der Waals surface area contributed by atoms with Crippen molar-refractivity contribution >= 4 is 19.5 Å². The molecule has 8 heteroatoms. The number of rotatable bonds is 8. The normalized spacial score (nSPS) is 20.4. The van der Waals surface area contributed by atoms with Crippen LogP contribution in [0.15, 0.2) is 30.3 Å². The van der Waals surface area contributed by atoms with Gasteiger partial charge in [0, 0.05) is 26.7 Å². The van der Waals surface area contributed by atoms with Crippen molar-refractivity contribution in [2.45, 2.75) is 51.0 Å². The predicted octanol–water partition coefficient (Wildman–Crippen LogP) is 3.97. The van der Waals surface area contributed by atoms with Crippen LogP contribution in [-0.4, -0.2) is 42.8 Å². The Hall–Kier alpha value is -1.69. The minimum absolute atomic E-state index is 0.0713. The van der Waals surface area contributed by atoms with E-state index in [1.165, 1.54) is 19.1 Å². The van der Waals surface area contributed by atoms with Crippen molar-refractivity contribution in [3.05, 3.63) is 35.9 Å². The van der Waals surface area contributed by atoms with Gasteiger partial charge in [0.2, 0.25) is 0 Å². The molecule has 7 nitrogen and oxygen atoms in total. The van der Waals surface area contributed by atoms with Crippen molar-refractivity contribution in [1.29, 1.82) is 0 Å². The third-order valence-electron chi connectivity index (χ3n) is 4.50. The van der Waals surface area contributed by atoms with Gasteiger partial charge in [-0.25, -0.2) is 4.79 Å². The summed E-state index contributed by atoms with van der Waals surface area (Å²) in [4.78, 5) is 26.5. The van der Waals surface area contributed by atoms with Crippen molar-refractivity contribution in [1.82, 2.24) is 4.90 Å². The van der Waals surface area contributed by atoms with Gasteiger partial charge in [-0.3, -0.25) is 14.3 Å². The highest BCUT2D eigenvalue weighted by atomic mass is 31.2. The molecule has 0 bridgehead atoms. The number of carbonyl (C=O) groups excluding carboxylic acids is 2. The first-order chi connectivity index (χ1) is 12.5. The molecule has 2 rings (SSSR count). The van der Waals surface area contributed by atoms with E-state index in [9.17, 15) is 14.2 Å². The molecule has 26 heavy (non-hydrogen) atoms. The molecule has 0 N–H and O–H groups in total. The van der Waals surface area contributed by atoms with Crippen molar-refractivity contribution in [3.63, 3.8) is 0 Å². The summed E-state index contributed by atoms with van der Waals surface area (Å²) >= 11 is 0. The minimum Gasteiger partial charge on any atom is -0.445 e. The lowest BCUT2D eigenvalue weighted by Crippen LogP contribution is -2.43. The summed E-state index contributed by atoms with van der Waals surface area (Å²) in [5.41, 5.74) is 0.828. The minimum atomic E-state index is -3.78. The van der Waals surface area contributed by atoms with Crippen LogP contribution < -0.4 is 0 Å². The maximum atomic E-state index is 12.9. The molecule has 0 unspecified atom stereocenters. The van der Waals surface area contributed by atoms with E-state index < -0.39 is 19.5 Å². The molecule has 0 saturated carbocycles. The Morgan fingerprint density at radius 2 is 1.88 bits per heavy atom. The second-order valence-electron chi connectivity index (χ2n) is 6.19. The van der Waals surface area contributed by atoms with Crippen LogP contribution in [0.2, 0.25) is 0 Å². The van der Waals surface area contributed by atoms with Crippen molar-refractivity contribution in [2.24, 2.45) is 0 Å². The third kappa shape index (κ3) is 4.53. The number of amides is 1. The fourth-order valence-electron chi connectivity index (χ4n) is 3.12. The number of ketones is 1. The molecule has 2 atom stereocenters. The number of Topliss-reactive ketones (excluding diaryl/α,β-unsaturated/α-hetero) is 1. The Kier molecular flexibility index (Phi) is 7.38. The smallest absolute Gasteiger partial charge is 0.411 e. The number of likely N-dealkylation sites (tertiary alicyclic amines) is 1. The highest BCUT2D eigenvalue weighted by molar-refractivity contribution is 7.55. The van der Waals surface area contributed by atoms with E-state index in [0.29, 0.717) is 6.42 Å². The molecule has 1 saturated heterocycles. The topological polar surface area (TPSA) is 82.1 Å². The van der Waals surface area contributed by atoms with Crippen molar-refractivity contribution in [2.75, 3.05) is 14.2 Å². The van der Waals surface area contributed by atoms with Gasteiger partial charge >= 0.3 is 13.7 Å². The summed E-state index contributed by atoms with van der Waals surface area (Å²) in [5.74, 6) is -1.59. The van der Waals surface area contributed by atoms with Crippen LogP contribution in [0.4, 0.5) is 4.79 Å². The van der Waals surface area contributed by atoms with Gasteiger partial charge in [0.1, 0.15) is 6.61 Å². The van der Waals surface area contributed by atoms with Crippen LogP contribution in [0, 0.1) is 0 Å². The lowest BCUT2D eigenvalue weighted by molar-refractivity contribution is -0.118. The van der Waals surface area contributed by atoms with Gasteiger partial charge in [-0.2, -0.15) is 0 Å². The van der Waals surface area contributed by atoms with E-state index in [1.54, 1.807) is 0 Å². The van der Waals surface area contributed by atoms with Crippen LogP contribution in [-0.2, 0) is 29.8 Å². The fourth-order valence-corrected chi connectivity index (χ4v) is 4.71. The average molecular weight is 383 g/mol. The van der Waals surface area contributed by atoms with E-state index in [1.807, 2.05) is 37.3 Å². The number of hydrogen-bond acceptors (Lipinski definition) is 6.